The van der Waals surface area contributed by atoms with Crippen molar-refractivity contribution >= 4 is 42.1 Å². The number of carbonyl (C=O) groups excluding carboxylic acids is 1. The van der Waals surface area contributed by atoms with Crippen molar-refractivity contribution in [3.63, 3.8) is 0 Å². The van der Waals surface area contributed by atoms with Gasteiger partial charge in [-0.05, 0) is 13.3 Å². The summed E-state index contributed by atoms with van der Waals surface area (Å²) in [6.07, 6.45) is 3.66. The minimum Gasteiger partial charge on any atom is -0.375 e. The Labute approximate surface area is 142 Å². The van der Waals surface area contributed by atoms with E-state index in [-0.39, 0.29) is 42.9 Å². The number of rotatable bonds is 5. The number of aryl methyl sites for hydroxylation is 1. The SMILES string of the molecule is CCc1cnc(CCNC(=O)[C@H]2NCCO[C@@H]2C)s1.Cl.Cl. The lowest BCUT2D eigenvalue weighted by Crippen LogP contribution is -2.55. The van der Waals surface area contributed by atoms with Gasteiger partial charge in [-0.25, -0.2) is 4.98 Å². The molecule has 0 aromatic carbocycles. The molecular formula is C13H23Cl2N3O2S. The van der Waals surface area contributed by atoms with Crippen LogP contribution in [0.15, 0.2) is 6.20 Å². The van der Waals surface area contributed by atoms with Gasteiger partial charge in [0, 0.05) is 30.6 Å². The second-order valence-electron chi connectivity index (χ2n) is 4.62. The third-order valence-corrected chi connectivity index (χ3v) is 4.39. The Morgan fingerprint density at radius 2 is 2.33 bits per heavy atom. The molecular weight excluding hydrogens is 333 g/mol. The predicted octanol–water partition coefficient (Wildman–Crippen LogP) is 1.58. The maximum absolute atomic E-state index is 12.0. The molecule has 1 amide bonds. The zero-order valence-corrected chi connectivity index (χ0v) is 14.7. The summed E-state index contributed by atoms with van der Waals surface area (Å²) in [5.41, 5.74) is 0. The van der Waals surface area contributed by atoms with E-state index in [9.17, 15) is 4.79 Å². The van der Waals surface area contributed by atoms with Crippen LogP contribution in [0.3, 0.4) is 0 Å². The van der Waals surface area contributed by atoms with Crippen LogP contribution in [0, 0.1) is 0 Å². The number of halogens is 2. The minimum atomic E-state index is -0.240. The van der Waals surface area contributed by atoms with E-state index in [0.29, 0.717) is 13.2 Å². The molecule has 2 N–H and O–H groups in total. The Morgan fingerprint density at radius 1 is 1.57 bits per heavy atom. The van der Waals surface area contributed by atoms with Crippen LogP contribution in [0.25, 0.3) is 0 Å². The Hall–Kier alpha value is -0.400. The number of amides is 1. The van der Waals surface area contributed by atoms with Gasteiger partial charge in [0.15, 0.2) is 0 Å². The highest BCUT2D eigenvalue weighted by atomic mass is 35.5. The van der Waals surface area contributed by atoms with E-state index in [1.54, 1.807) is 11.3 Å². The summed E-state index contributed by atoms with van der Waals surface area (Å²) in [6, 6.07) is -0.240. The van der Waals surface area contributed by atoms with Crippen LogP contribution in [0.1, 0.15) is 23.7 Å². The smallest absolute Gasteiger partial charge is 0.239 e. The Kier molecular flexibility index (Phi) is 10.1. The van der Waals surface area contributed by atoms with Crippen LogP contribution < -0.4 is 10.6 Å². The summed E-state index contributed by atoms with van der Waals surface area (Å²) in [5, 5.41) is 7.21. The van der Waals surface area contributed by atoms with E-state index < -0.39 is 0 Å². The van der Waals surface area contributed by atoms with Crippen LogP contribution in [0.4, 0.5) is 0 Å². The van der Waals surface area contributed by atoms with E-state index in [1.165, 1.54) is 4.88 Å². The van der Waals surface area contributed by atoms with Crippen molar-refractivity contribution in [3.8, 4) is 0 Å². The molecule has 5 nitrogen and oxygen atoms in total. The van der Waals surface area contributed by atoms with E-state index in [2.05, 4.69) is 22.5 Å². The quantitative estimate of drug-likeness (QED) is 0.841. The summed E-state index contributed by atoms with van der Waals surface area (Å²) in [6.45, 7) is 6.07. The molecule has 0 aliphatic carbocycles. The first-order chi connectivity index (χ1) is 9.20. The van der Waals surface area contributed by atoms with Crippen LogP contribution >= 0.6 is 36.2 Å². The molecule has 1 saturated heterocycles. The average Bonchev–Trinajstić information content (AvgIpc) is 2.87. The lowest BCUT2D eigenvalue weighted by atomic mass is 10.1. The molecule has 1 aliphatic rings. The van der Waals surface area contributed by atoms with Gasteiger partial charge >= 0.3 is 0 Å². The number of carbonyl (C=O) groups is 1. The van der Waals surface area contributed by atoms with Crippen molar-refractivity contribution in [2.24, 2.45) is 0 Å². The summed E-state index contributed by atoms with van der Waals surface area (Å²) < 4.78 is 5.46. The molecule has 1 aromatic heterocycles. The van der Waals surface area contributed by atoms with Crippen molar-refractivity contribution in [3.05, 3.63) is 16.1 Å². The van der Waals surface area contributed by atoms with Crippen molar-refractivity contribution in [1.29, 1.82) is 0 Å². The van der Waals surface area contributed by atoms with Gasteiger partial charge in [0.2, 0.25) is 5.91 Å². The molecule has 2 heterocycles. The molecule has 2 rings (SSSR count). The van der Waals surface area contributed by atoms with Crippen molar-refractivity contribution in [1.82, 2.24) is 15.6 Å². The highest BCUT2D eigenvalue weighted by Gasteiger charge is 2.27. The Bertz CT molecular complexity index is 431. The summed E-state index contributed by atoms with van der Waals surface area (Å²) >= 11 is 1.72. The van der Waals surface area contributed by atoms with Crippen molar-refractivity contribution in [2.45, 2.75) is 38.8 Å². The molecule has 0 spiro atoms. The fourth-order valence-electron chi connectivity index (χ4n) is 2.06. The van der Waals surface area contributed by atoms with E-state index in [4.69, 9.17) is 4.74 Å². The molecule has 0 saturated carbocycles. The molecule has 0 radical (unpaired) electrons. The zero-order valence-electron chi connectivity index (χ0n) is 12.3. The number of nitrogens with one attached hydrogen (secondary N) is 2. The molecule has 0 bridgehead atoms. The van der Waals surface area contributed by atoms with E-state index in [1.807, 2.05) is 13.1 Å². The standard InChI is InChI=1S/C13H21N3O2S.2ClH/c1-3-10-8-16-11(19-10)4-5-15-13(17)12-9(2)18-7-6-14-12;;/h8-9,12,14H,3-7H2,1-2H3,(H,15,17);2*1H/t9-,12+;;/m1../s1. The Balaban J connectivity index is 0.00000200. The zero-order chi connectivity index (χ0) is 13.7. The monoisotopic (exact) mass is 355 g/mol. The van der Waals surface area contributed by atoms with Crippen LogP contribution in [-0.2, 0) is 22.4 Å². The third kappa shape index (κ3) is 6.08. The van der Waals surface area contributed by atoms with Gasteiger partial charge in [-0.1, -0.05) is 6.92 Å². The molecule has 8 heteroatoms. The normalized spacial score (nSPS) is 21.0. The number of nitrogens with zero attached hydrogens (tertiary/aromatic N) is 1. The first kappa shape index (κ1) is 20.6. The number of aromatic nitrogens is 1. The number of hydrogen-bond acceptors (Lipinski definition) is 5. The van der Waals surface area contributed by atoms with Gasteiger partial charge in [-0.2, -0.15) is 0 Å². The average molecular weight is 356 g/mol. The van der Waals surface area contributed by atoms with Crippen LogP contribution in [-0.4, -0.2) is 42.7 Å². The summed E-state index contributed by atoms with van der Waals surface area (Å²) in [5.74, 6) is 0.0134. The van der Waals surface area contributed by atoms with Gasteiger partial charge in [-0.15, -0.1) is 36.2 Å². The number of thiazole rings is 1. The highest BCUT2D eigenvalue weighted by molar-refractivity contribution is 7.11. The van der Waals surface area contributed by atoms with Gasteiger partial charge in [0.1, 0.15) is 6.04 Å². The molecule has 0 unspecified atom stereocenters. The second-order valence-corrected chi connectivity index (χ2v) is 5.82. The number of morpholine rings is 1. The van der Waals surface area contributed by atoms with Crippen LogP contribution in [0.2, 0.25) is 0 Å². The second kappa shape index (κ2) is 10.3. The van der Waals surface area contributed by atoms with Crippen LogP contribution in [0.5, 0.6) is 0 Å². The van der Waals surface area contributed by atoms with Gasteiger partial charge in [-0.3, -0.25) is 4.79 Å². The summed E-state index contributed by atoms with van der Waals surface area (Å²) in [4.78, 5) is 17.6. The molecule has 1 fully saturated rings. The van der Waals surface area contributed by atoms with E-state index in [0.717, 1.165) is 24.4 Å². The van der Waals surface area contributed by atoms with Crippen molar-refractivity contribution < 1.29 is 9.53 Å². The van der Waals surface area contributed by atoms with Crippen molar-refractivity contribution in [2.75, 3.05) is 19.7 Å². The number of ether oxygens (including phenoxy) is 1. The van der Waals surface area contributed by atoms with Gasteiger partial charge < -0.3 is 15.4 Å². The highest BCUT2D eigenvalue weighted by Crippen LogP contribution is 2.13. The predicted molar refractivity (Wildman–Crippen MR) is 89.9 cm³/mol. The topological polar surface area (TPSA) is 63.2 Å². The lowest BCUT2D eigenvalue weighted by molar-refractivity contribution is -0.128. The minimum absolute atomic E-state index is 0. The first-order valence-electron chi connectivity index (χ1n) is 6.77. The summed E-state index contributed by atoms with van der Waals surface area (Å²) in [7, 11) is 0. The maximum Gasteiger partial charge on any atom is 0.239 e. The molecule has 122 valence electrons. The van der Waals surface area contributed by atoms with Gasteiger partial charge in [0.05, 0.1) is 17.7 Å². The lowest BCUT2D eigenvalue weighted by Gasteiger charge is -2.29. The molecule has 2 atom stereocenters. The van der Waals surface area contributed by atoms with Gasteiger partial charge in [0.25, 0.3) is 0 Å². The number of hydrogen-bond donors (Lipinski definition) is 2. The first-order valence-corrected chi connectivity index (χ1v) is 7.58. The molecule has 1 aliphatic heterocycles. The Morgan fingerprint density at radius 3 is 2.95 bits per heavy atom. The van der Waals surface area contributed by atoms with E-state index >= 15 is 0 Å². The molecule has 1 aromatic rings. The fourth-order valence-corrected chi connectivity index (χ4v) is 2.92. The fraction of sp³-hybridized carbons (Fsp3) is 0.692. The maximum atomic E-state index is 12.0. The molecule has 21 heavy (non-hydrogen) atoms. The third-order valence-electron chi connectivity index (χ3n) is 3.19. The largest absolute Gasteiger partial charge is 0.375 e.